The molecule has 7 heteroatoms. The molecule has 0 radical (unpaired) electrons. The zero-order chi connectivity index (χ0) is 19.9. The number of hydrogen-bond donors (Lipinski definition) is 1. The Morgan fingerprint density at radius 1 is 1.07 bits per heavy atom. The summed E-state index contributed by atoms with van der Waals surface area (Å²) in [5.41, 5.74) is 4.71. The van der Waals surface area contributed by atoms with Gasteiger partial charge < -0.3 is 18.9 Å². The van der Waals surface area contributed by atoms with Crippen LogP contribution in [0.5, 0.6) is 11.5 Å². The maximum atomic E-state index is 6.08. The Kier molecular flexibility index (Phi) is 6.92. The summed E-state index contributed by atoms with van der Waals surface area (Å²) < 4.78 is 23.0. The van der Waals surface area contributed by atoms with Gasteiger partial charge in [0.15, 0.2) is 11.5 Å². The molecule has 0 saturated carbocycles. The average Bonchev–Trinajstić information content (AvgIpc) is 3.40. The molecule has 3 heterocycles. The summed E-state index contributed by atoms with van der Waals surface area (Å²) in [6.45, 7) is 9.22. The highest BCUT2D eigenvalue weighted by molar-refractivity contribution is 5.68. The summed E-state index contributed by atoms with van der Waals surface area (Å²) in [5.74, 6) is 1.57. The number of nitrogens with zero attached hydrogens (tertiary/aromatic N) is 1. The van der Waals surface area contributed by atoms with Crippen molar-refractivity contribution in [3.05, 3.63) is 29.8 Å². The molecular weight excluding hydrogens is 372 g/mol. The van der Waals surface area contributed by atoms with Gasteiger partial charge >= 0.3 is 0 Å². The maximum absolute atomic E-state index is 6.08. The van der Waals surface area contributed by atoms with Crippen molar-refractivity contribution >= 4 is 5.70 Å². The second-order valence-corrected chi connectivity index (χ2v) is 7.80. The van der Waals surface area contributed by atoms with E-state index in [2.05, 4.69) is 23.4 Å². The average molecular weight is 405 g/mol. The third-order valence-corrected chi connectivity index (χ3v) is 5.57. The zero-order valence-corrected chi connectivity index (χ0v) is 17.3. The molecule has 0 aromatic heterocycles. The molecule has 160 valence electrons. The van der Waals surface area contributed by atoms with E-state index in [9.17, 15) is 0 Å². The van der Waals surface area contributed by atoms with Crippen molar-refractivity contribution in [2.75, 3.05) is 59.3 Å². The Balaban J connectivity index is 1.43. The second kappa shape index (κ2) is 9.80. The maximum Gasteiger partial charge on any atom is 0.161 e. The van der Waals surface area contributed by atoms with Gasteiger partial charge in [0, 0.05) is 38.2 Å². The third-order valence-electron chi connectivity index (χ3n) is 5.57. The number of morpholine rings is 1. The molecular formula is C22H32N2O5. The highest BCUT2D eigenvalue weighted by Gasteiger charge is 2.39. The van der Waals surface area contributed by atoms with Crippen LogP contribution in [0.4, 0.5) is 0 Å². The first-order valence-electron chi connectivity index (χ1n) is 10.7. The monoisotopic (exact) mass is 404 g/mol. The summed E-state index contributed by atoms with van der Waals surface area (Å²) in [7, 11) is 0. The van der Waals surface area contributed by atoms with Gasteiger partial charge in [0.25, 0.3) is 0 Å². The lowest BCUT2D eigenvalue weighted by Crippen LogP contribution is -2.38. The van der Waals surface area contributed by atoms with E-state index in [0.717, 1.165) is 81.5 Å². The first-order valence-corrected chi connectivity index (χ1v) is 10.7. The summed E-state index contributed by atoms with van der Waals surface area (Å²) in [6.07, 6.45) is 5.11. The van der Waals surface area contributed by atoms with Gasteiger partial charge in [0.1, 0.15) is 12.2 Å². The van der Waals surface area contributed by atoms with Gasteiger partial charge in [0.2, 0.25) is 0 Å². The fourth-order valence-corrected chi connectivity index (χ4v) is 3.72. The summed E-state index contributed by atoms with van der Waals surface area (Å²) in [5, 5.41) is 0. The molecule has 0 bridgehead atoms. The smallest absolute Gasteiger partial charge is 0.161 e. The van der Waals surface area contributed by atoms with Crippen LogP contribution in [0.25, 0.3) is 5.70 Å². The van der Waals surface area contributed by atoms with Crippen molar-refractivity contribution in [2.24, 2.45) is 0 Å². The van der Waals surface area contributed by atoms with Crippen molar-refractivity contribution in [2.45, 2.75) is 31.8 Å². The second-order valence-electron chi connectivity index (χ2n) is 7.80. The predicted molar refractivity (Wildman–Crippen MR) is 110 cm³/mol. The largest absolute Gasteiger partial charge is 0.490 e. The number of benzene rings is 1. The normalized spacial score (nSPS) is 24.5. The lowest BCUT2D eigenvalue weighted by atomic mass is 10.0. The quantitative estimate of drug-likeness (QED) is 0.635. The summed E-state index contributed by atoms with van der Waals surface area (Å²) in [6, 6.07) is 6.08. The number of unbranched alkanes of at least 4 members (excludes halogenated alkanes) is 1. The van der Waals surface area contributed by atoms with E-state index >= 15 is 0 Å². The Morgan fingerprint density at radius 3 is 2.72 bits per heavy atom. The molecule has 1 aromatic carbocycles. The minimum absolute atomic E-state index is 0.341. The van der Waals surface area contributed by atoms with Crippen LogP contribution < -0.4 is 15.0 Å². The molecule has 2 saturated heterocycles. The Labute approximate surface area is 172 Å². The van der Waals surface area contributed by atoms with Crippen molar-refractivity contribution in [1.29, 1.82) is 0 Å². The van der Waals surface area contributed by atoms with Crippen LogP contribution in [0.2, 0.25) is 0 Å². The summed E-state index contributed by atoms with van der Waals surface area (Å²) in [4.78, 5) is 8.18. The van der Waals surface area contributed by atoms with E-state index in [-0.39, 0.29) is 5.60 Å². The third kappa shape index (κ3) is 5.22. The summed E-state index contributed by atoms with van der Waals surface area (Å²) >= 11 is 0. The van der Waals surface area contributed by atoms with E-state index in [1.807, 2.05) is 18.2 Å². The highest BCUT2D eigenvalue weighted by atomic mass is 16.7. The first kappa shape index (κ1) is 20.5. The minimum atomic E-state index is -0.341. The lowest BCUT2D eigenvalue weighted by molar-refractivity contribution is -0.0373. The highest BCUT2D eigenvalue weighted by Crippen LogP contribution is 2.36. The van der Waals surface area contributed by atoms with Gasteiger partial charge in [-0.3, -0.25) is 15.2 Å². The Bertz CT molecular complexity index is 696. The molecule has 7 nitrogen and oxygen atoms in total. The molecule has 1 unspecified atom stereocenters. The molecule has 3 aliphatic heterocycles. The first-order chi connectivity index (χ1) is 14.3. The number of hydrogen-bond acceptors (Lipinski definition) is 7. The van der Waals surface area contributed by atoms with Gasteiger partial charge in [-0.25, -0.2) is 0 Å². The Morgan fingerprint density at radius 2 is 1.93 bits per heavy atom. The van der Waals surface area contributed by atoms with E-state index < -0.39 is 0 Å². The fraction of sp³-hybridized carbons (Fsp3) is 0.636. The molecule has 1 atom stereocenters. The van der Waals surface area contributed by atoms with E-state index in [4.69, 9.17) is 23.8 Å². The molecule has 29 heavy (non-hydrogen) atoms. The van der Waals surface area contributed by atoms with Gasteiger partial charge in [-0.1, -0.05) is 13.3 Å². The zero-order valence-electron chi connectivity index (χ0n) is 17.3. The van der Waals surface area contributed by atoms with Crippen LogP contribution in [0, 0.1) is 0 Å². The number of nitrogens with one attached hydrogen (secondary N) is 1. The fourth-order valence-electron chi connectivity index (χ4n) is 3.72. The van der Waals surface area contributed by atoms with Crippen LogP contribution in [0.15, 0.2) is 24.3 Å². The molecule has 1 N–H and O–H groups in total. The van der Waals surface area contributed by atoms with E-state index in [1.165, 1.54) is 0 Å². The van der Waals surface area contributed by atoms with Gasteiger partial charge in [0.05, 0.1) is 32.1 Å². The SMILES string of the molecule is CCCCOc1cc(C2=CC3(CCOC3)ON2)ccc1OCCN1CCOCC1. The van der Waals surface area contributed by atoms with E-state index in [1.54, 1.807) is 0 Å². The van der Waals surface area contributed by atoms with Crippen LogP contribution in [0.3, 0.4) is 0 Å². The van der Waals surface area contributed by atoms with Crippen LogP contribution >= 0.6 is 0 Å². The van der Waals surface area contributed by atoms with Gasteiger partial charge in [-0.2, -0.15) is 0 Å². The van der Waals surface area contributed by atoms with Crippen molar-refractivity contribution in [3.63, 3.8) is 0 Å². The number of hydroxylamine groups is 1. The van der Waals surface area contributed by atoms with Gasteiger partial charge in [-0.15, -0.1) is 0 Å². The Hall–Kier alpha value is -1.80. The van der Waals surface area contributed by atoms with Crippen LogP contribution in [-0.2, 0) is 14.3 Å². The number of ether oxygens (including phenoxy) is 4. The van der Waals surface area contributed by atoms with Crippen LogP contribution in [-0.4, -0.2) is 69.8 Å². The molecule has 1 spiro atoms. The molecule has 0 aliphatic carbocycles. The van der Waals surface area contributed by atoms with Crippen molar-refractivity contribution < 1.29 is 23.8 Å². The van der Waals surface area contributed by atoms with Crippen molar-refractivity contribution in [3.8, 4) is 11.5 Å². The molecule has 0 amide bonds. The standard InChI is InChI=1S/C22H32N2O5/c1-2-3-10-27-21-15-18(19-16-22(29-23-19)6-11-26-17-22)4-5-20(21)28-14-9-24-7-12-25-13-8-24/h4-5,15-16,23H,2-3,6-14,17H2,1H3. The topological polar surface area (TPSA) is 61.4 Å². The van der Waals surface area contributed by atoms with Crippen molar-refractivity contribution in [1.82, 2.24) is 10.4 Å². The molecule has 4 rings (SSSR count). The molecule has 3 aliphatic rings. The number of rotatable bonds is 9. The molecule has 2 fully saturated rings. The predicted octanol–water partition coefficient (Wildman–Crippen LogP) is 2.61. The van der Waals surface area contributed by atoms with Crippen LogP contribution in [0.1, 0.15) is 31.7 Å². The molecule has 1 aromatic rings. The van der Waals surface area contributed by atoms with Gasteiger partial charge in [-0.05, 0) is 30.7 Å². The lowest BCUT2D eigenvalue weighted by Gasteiger charge is -2.26. The van der Waals surface area contributed by atoms with E-state index in [0.29, 0.717) is 19.8 Å². The minimum Gasteiger partial charge on any atom is -0.490 e.